The predicted octanol–water partition coefficient (Wildman–Crippen LogP) is 2.12. The molecule has 3 heterocycles. The number of aromatic hydroxyl groups is 1. The van der Waals surface area contributed by atoms with Gasteiger partial charge in [0.25, 0.3) is 11.5 Å². The summed E-state index contributed by atoms with van der Waals surface area (Å²) in [5, 5.41) is 13.4. The van der Waals surface area contributed by atoms with Gasteiger partial charge in [-0.05, 0) is 37.0 Å². The van der Waals surface area contributed by atoms with Crippen LogP contribution in [0.5, 0.6) is 5.75 Å². The molecule has 10 nitrogen and oxygen atoms in total. The molecule has 11 heteroatoms. The maximum Gasteiger partial charge on any atom is 0.296 e. The Bertz CT molecular complexity index is 1220. The first-order valence-corrected chi connectivity index (χ1v) is 12.2. The summed E-state index contributed by atoms with van der Waals surface area (Å²) < 4.78 is 21.2. The number of anilines is 1. The molecule has 2 aromatic rings. The zero-order valence-electron chi connectivity index (χ0n) is 20.8. The van der Waals surface area contributed by atoms with Gasteiger partial charge in [0.15, 0.2) is 5.69 Å². The van der Waals surface area contributed by atoms with Crippen LogP contribution in [0.1, 0.15) is 66.6 Å². The van der Waals surface area contributed by atoms with Crippen molar-refractivity contribution in [2.75, 3.05) is 38.8 Å². The van der Waals surface area contributed by atoms with Gasteiger partial charge < -0.3 is 25.0 Å². The molecule has 2 aliphatic heterocycles. The van der Waals surface area contributed by atoms with E-state index in [-0.39, 0.29) is 37.9 Å². The summed E-state index contributed by atoms with van der Waals surface area (Å²) in [4.78, 5) is 47.3. The van der Waals surface area contributed by atoms with Crippen molar-refractivity contribution in [3.8, 4) is 5.75 Å². The number of rotatable bonds is 1. The van der Waals surface area contributed by atoms with Crippen LogP contribution < -0.4 is 15.8 Å². The van der Waals surface area contributed by atoms with E-state index in [0.29, 0.717) is 37.1 Å². The molecule has 0 fully saturated rings. The molecule has 0 saturated carbocycles. The first-order valence-electron chi connectivity index (χ1n) is 12.2. The van der Waals surface area contributed by atoms with E-state index in [0.717, 1.165) is 0 Å². The van der Waals surface area contributed by atoms with E-state index in [1.54, 1.807) is 13.1 Å². The maximum atomic E-state index is 14.0. The lowest BCUT2D eigenvalue weighted by Gasteiger charge is -2.29. The van der Waals surface area contributed by atoms with E-state index in [4.69, 9.17) is 4.74 Å². The molecule has 194 valence electrons. The summed E-state index contributed by atoms with van der Waals surface area (Å²) in [5.41, 5.74) is 0.0982. The number of aromatic nitrogens is 2. The largest absolute Gasteiger partial charge is 0.501 e. The van der Waals surface area contributed by atoms with Gasteiger partial charge in [0, 0.05) is 39.3 Å². The molecular weight excluding hydrogens is 469 g/mol. The van der Waals surface area contributed by atoms with E-state index in [1.165, 1.54) is 21.6 Å². The van der Waals surface area contributed by atoms with Gasteiger partial charge in [-0.25, -0.2) is 9.37 Å². The quantitative estimate of drug-likeness (QED) is 0.615. The van der Waals surface area contributed by atoms with E-state index >= 15 is 0 Å². The molecule has 0 aliphatic carbocycles. The molecular formula is C25H32FN5O5. The lowest BCUT2D eigenvalue weighted by Crippen LogP contribution is -2.39. The second-order valence-electron chi connectivity index (χ2n) is 9.30. The van der Waals surface area contributed by atoms with E-state index < -0.39 is 40.8 Å². The average Bonchev–Trinajstić information content (AvgIpc) is 3.05. The number of nitrogens with zero attached hydrogens (tertiary/aromatic N) is 4. The van der Waals surface area contributed by atoms with Crippen molar-refractivity contribution in [3.05, 3.63) is 51.5 Å². The summed E-state index contributed by atoms with van der Waals surface area (Å²) in [5.74, 6) is -1.86. The van der Waals surface area contributed by atoms with Crippen LogP contribution in [0.4, 0.5) is 10.1 Å². The minimum Gasteiger partial charge on any atom is -0.501 e. The Morgan fingerprint density at radius 2 is 1.97 bits per heavy atom. The standard InChI is InChI=1S/C25H32FN5O5/c1-4-17-13-36-14-19-23-28-21(22(33)25(35)31(17)23)24(34)27-12-15-8-9-16(26)11-18(15)29(2)10-6-5-7-20(32)30(19)3/h8-9,11,17,19,33H,4-7,10,12-14H2,1-3H3,(H,27,34)/t17-,19?/m0/s1. The van der Waals surface area contributed by atoms with Gasteiger partial charge in [-0.3, -0.25) is 19.0 Å². The fraction of sp³-hybridized carbons (Fsp3) is 0.520. The zero-order chi connectivity index (χ0) is 26.0. The third-order valence-electron chi connectivity index (χ3n) is 6.95. The summed E-state index contributed by atoms with van der Waals surface area (Å²) in [6, 6.07) is 3.18. The fourth-order valence-electron chi connectivity index (χ4n) is 4.73. The molecule has 36 heavy (non-hydrogen) atoms. The highest BCUT2D eigenvalue weighted by Crippen LogP contribution is 2.29. The first-order chi connectivity index (χ1) is 17.2. The van der Waals surface area contributed by atoms with Crippen LogP contribution in [-0.4, -0.2) is 65.2 Å². The number of halogens is 1. The van der Waals surface area contributed by atoms with Crippen LogP contribution in [0.3, 0.4) is 0 Å². The van der Waals surface area contributed by atoms with Gasteiger partial charge in [-0.1, -0.05) is 13.0 Å². The van der Waals surface area contributed by atoms with Crippen molar-refractivity contribution in [2.45, 2.75) is 51.2 Å². The van der Waals surface area contributed by atoms with Gasteiger partial charge in [0.05, 0.1) is 19.3 Å². The molecule has 1 aromatic heterocycles. The number of nitrogens with one attached hydrogen (secondary N) is 1. The van der Waals surface area contributed by atoms with Crippen molar-refractivity contribution >= 4 is 17.5 Å². The number of amides is 2. The molecule has 0 radical (unpaired) electrons. The van der Waals surface area contributed by atoms with Gasteiger partial charge in [-0.2, -0.15) is 0 Å². The Hall–Kier alpha value is -3.47. The summed E-state index contributed by atoms with van der Waals surface area (Å²) >= 11 is 0. The summed E-state index contributed by atoms with van der Waals surface area (Å²) in [6.45, 7) is 2.84. The number of likely N-dealkylation sites (N-methyl/N-ethyl adjacent to an activating group) is 1. The maximum absolute atomic E-state index is 14.0. The monoisotopic (exact) mass is 501 g/mol. The normalized spacial score (nSPS) is 21.6. The Balaban J connectivity index is 1.82. The number of hydrogen-bond acceptors (Lipinski definition) is 7. The van der Waals surface area contributed by atoms with Crippen LogP contribution >= 0.6 is 0 Å². The third-order valence-corrected chi connectivity index (χ3v) is 6.95. The first kappa shape index (κ1) is 25.6. The van der Waals surface area contributed by atoms with Crippen molar-refractivity contribution < 1.29 is 23.8 Å². The smallest absolute Gasteiger partial charge is 0.296 e. The lowest BCUT2D eigenvalue weighted by atomic mass is 10.1. The highest BCUT2D eigenvalue weighted by molar-refractivity contribution is 5.94. The second-order valence-corrected chi connectivity index (χ2v) is 9.30. The van der Waals surface area contributed by atoms with Gasteiger partial charge in [0.2, 0.25) is 11.7 Å². The van der Waals surface area contributed by atoms with E-state index in [9.17, 15) is 23.9 Å². The van der Waals surface area contributed by atoms with Crippen LogP contribution in [-0.2, 0) is 16.1 Å². The molecule has 0 saturated heterocycles. The summed E-state index contributed by atoms with van der Waals surface area (Å²) in [7, 11) is 3.45. The topological polar surface area (TPSA) is 117 Å². The Labute approximate surface area is 208 Å². The highest BCUT2D eigenvalue weighted by Gasteiger charge is 2.34. The number of fused-ring (bicyclic) bond motifs is 2. The minimum atomic E-state index is -0.762. The number of carbonyl (C=O) groups excluding carboxylic acids is 2. The second kappa shape index (κ2) is 10.7. The van der Waals surface area contributed by atoms with Crippen molar-refractivity contribution in [1.29, 1.82) is 0 Å². The van der Waals surface area contributed by atoms with E-state index in [1.807, 2.05) is 18.9 Å². The van der Waals surface area contributed by atoms with E-state index in [2.05, 4.69) is 10.3 Å². The predicted molar refractivity (Wildman–Crippen MR) is 131 cm³/mol. The molecule has 2 amide bonds. The highest BCUT2D eigenvalue weighted by atomic mass is 19.1. The van der Waals surface area contributed by atoms with Crippen LogP contribution in [0, 0.1) is 5.82 Å². The number of carbonyl (C=O) groups is 2. The van der Waals surface area contributed by atoms with Crippen LogP contribution in [0.2, 0.25) is 0 Å². The SMILES string of the molecule is CC[C@H]1COCC2c3nc(c(O)c(=O)n31)C(=O)NCc1ccc(F)cc1N(C)CCCCC(=O)N2C. The average molecular weight is 502 g/mol. The number of benzene rings is 1. The minimum absolute atomic E-state index is 0.0425. The van der Waals surface area contributed by atoms with Gasteiger partial charge in [-0.15, -0.1) is 0 Å². The van der Waals surface area contributed by atoms with Crippen molar-refractivity contribution in [1.82, 2.24) is 19.8 Å². The van der Waals surface area contributed by atoms with Crippen molar-refractivity contribution in [2.24, 2.45) is 0 Å². The van der Waals surface area contributed by atoms with Gasteiger partial charge >= 0.3 is 0 Å². The molecule has 1 aromatic carbocycles. The lowest BCUT2D eigenvalue weighted by molar-refractivity contribution is -0.133. The van der Waals surface area contributed by atoms with Crippen LogP contribution in [0.15, 0.2) is 23.0 Å². The Morgan fingerprint density at radius 3 is 2.72 bits per heavy atom. The molecule has 1 unspecified atom stereocenters. The van der Waals surface area contributed by atoms with Gasteiger partial charge in [0.1, 0.15) is 17.7 Å². The fourth-order valence-corrected chi connectivity index (χ4v) is 4.73. The third kappa shape index (κ3) is 4.92. The molecule has 2 atom stereocenters. The molecule has 0 spiro atoms. The molecule has 2 N–H and O–H groups in total. The van der Waals surface area contributed by atoms with Crippen LogP contribution in [0.25, 0.3) is 0 Å². The number of ether oxygens (including phenoxy) is 1. The molecule has 2 aliphatic rings. The molecule has 2 bridgehead atoms. The zero-order valence-corrected chi connectivity index (χ0v) is 20.8. The van der Waals surface area contributed by atoms with Crippen molar-refractivity contribution in [3.63, 3.8) is 0 Å². The Kier molecular flexibility index (Phi) is 7.58. The molecule has 4 rings (SSSR count). The number of hydrogen-bond donors (Lipinski definition) is 2. The summed E-state index contributed by atoms with van der Waals surface area (Å²) in [6.07, 6.45) is 2.11. The Morgan fingerprint density at radius 1 is 1.19 bits per heavy atom.